The first kappa shape index (κ1) is 13.8. The van der Waals surface area contributed by atoms with Crippen molar-refractivity contribution in [1.82, 2.24) is 15.3 Å². The zero-order valence-corrected chi connectivity index (χ0v) is 11.7. The molecular formula is C14H22N4O. The van der Waals surface area contributed by atoms with Gasteiger partial charge in [-0.15, -0.1) is 0 Å². The van der Waals surface area contributed by atoms with Crippen molar-refractivity contribution in [1.29, 1.82) is 0 Å². The fourth-order valence-electron chi connectivity index (χ4n) is 1.86. The average Bonchev–Trinajstić information content (AvgIpc) is 3.17. The van der Waals surface area contributed by atoms with Crippen molar-refractivity contribution >= 4 is 11.7 Å². The maximum atomic E-state index is 12.0. The van der Waals surface area contributed by atoms with Gasteiger partial charge in [0.05, 0.1) is 0 Å². The van der Waals surface area contributed by atoms with E-state index in [0.29, 0.717) is 24.1 Å². The lowest BCUT2D eigenvalue weighted by Gasteiger charge is -2.08. The number of unbranched alkanes of at least 4 members (excludes halogenated alkanes) is 2. The summed E-state index contributed by atoms with van der Waals surface area (Å²) in [6.07, 6.45) is 5.66. The summed E-state index contributed by atoms with van der Waals surface area (Å²) in [6, 6.07) is 2.26. The second-order valence-electron chi connectivity index (χ2n) is 5.07. The topological polar surface area (TPSA) is 66.9 Å². The monoisotopic (exact) mass is 262 g/mol. The molecule has 1 saturated carbocycles. The molecule has 1 amide bonds. The predicted octanol–water partition coefficient (Wildman–Crippen LogP) is 2.28. The molecule has 19 heavy (non-hydrogen) atoms. The molecular weight excluding hydrogens is 240 g/mol. The van der Waals surface area contributed by atoms with Crippen LogP contribution in [0.3, 0.4) is 0 Å². The first-order valence-corrected chi connectivity index (χ1v) is 7.09. The molecule has 0 radical (unpaired) electrons. The maximum absolute atomic E-state index is 12.0. The van der Waals surface area contributed by atoms with Crippen LogP contribution in [-0.4, -0.2) is 28.5 Å². The number of carbonyl (C=O) groups is 1. The van der Waals surface area contributed by atoms with Gasteiger partial charge in [0, 0.05) is 18.7 Å². The van der Waals surface area contributed by atoms with Crippen LogP contribution >= 0.6 is 0 Å². The van der Waals surface area contributed by atoms with Gasteiger partial charge in [0.25, 0.3) is 5.91 Å². The van der Waals surface area contributed by atoms with Crippen molar-refractivity contribution in [2.45, 2.75) is 52.0 Å². The zero-order chi connectivity index (χ0) is 13.7. The molecule has 1 aliphatic rings. The number of carbonyl (C=O) groups excluding carboxylic acids is 1. The Morgan fingerprint density at radius 1 is 1.37 bits per heavy atom. The molecule has 2 rings (SSSR count). The number of aromatic nitrogens is 2. The number of nitrogens with zero attached hydrogens (tertiary/aromatic N) is 2. The van der Waals surface area contributed by atoms with Crippen molar-refractivity contribution in [2.24, 2.45) is 0 Å². The minimum absolute atomic E-state index is 0.111. The van der Waals surface area contributed by atoms with E-state index in [2.05, 4.69) is 27.5 Å². The van der Waals surface area contributed by atoms with Gasteiger partial charge in [-0.3, -0.25) is 4.79 Å². The molecule has 1 aliphatic carbocycles. The minimum Gasteiger partial charge on any atom is -0.367 e. The van der Waals surface area contributed by atoms with Crippen LogP contribution in [0.2, 0.25) is 0 Å². The molecule has 5 nitrogen and oxygen atoms in total. The van der Waals surface area contributed by atoms with E-state index >= 15 is 0 Å². The van der Waals surface area contributed by atoms with E-state index < -0.39 is 0 Å². The first-order chi connectivity index (χ1) is 9.19. The van der Waals surface area contributed by atoms with E-state index in [0.717, 1.165) is 25.1 Å². The Morgan fingerprint density at radius 2 is 2.16 bits per heavy atom. The van der Waals surface area contributed by atoms with Crippen LogP contribution in [0.15, 0.2) is 6.07 Å². The Hall–Kier alpha value is -1.65. The highest BCUT2D eigenvalue weighted by molar-refractivity contribution is 5.92. The molecule has 0 aliphatic heterocycles. The summed E-state index contributed by atoms with van der Waals surface area (Å²) in [5.74, 6) is 1.28. The Morgan fingerprint density at radius 3 is 2.84 bits per heavy atom. The van der Waals surface area contributed by atoms with Crippen LogP contribution in [0, 0.1) is 6.92 Å². The molecule has 0 aromatic carbocycles. The first-order valence-electron chi connectivity index (χ1n) is 7.09. The zero-order valence-electron chi connectivity index (χ0n) is 11.7. The highest BCUT2D eigenvalue weighted by atomic mass is 16.1. The van der Waals surface area contributed by atoms with Gasteiger partial charge in [0.1, 0.15) is 17.3 Å². The highest BCUT2D eigenvalue weighted by Crippen LogP contribution is 2.23. The molecule has 0 saturated heterocycles. The molecule has 1 aromatic heterocycles. The number of amides is 1. The van der Waals surface area contributed by atoms with Gasteiger partial charge < -0.3 is 10.6 Å². The van der Waals surface area contributed by atoms with Gasteiger partial charge in [-0.2, -0.15) is 0 Å². The Bertz CT molecular complexity index is 443. The maximum Gasteiger partial charge on any atom is 0.270 e. The SMILES string of the molecule is CCCCCNC(=O)c1cc(NC2CC2)nc(C)n1. The van der Waals surface area contributed by atoms with E-state index in [1.54, 1.807) is 6.07 Å². The van der Waals surface area contributed by atoms with Crippen molar-refractivity contribution in [3.05, 3.63) is 17.6 Å². The van der Waals surface area contributed by atoms with Crippen molar-refractivity contribution in [3.8, 4) is 0 Å². The van der Waals surface area contributed by atoms with Crippen LogP contribution in [0.4, 0.5) is 5.82 Å². The Kier molecular flexibility index (Phi) is 4.71. The molecule has 5 heteroatoms. The lowest BCUT2D eigenvalue weighted by Crippen LogP contribution is -2.26. The molecule has 0 unspecified atom stereocenters. The van der Waals surface area contributed by atoms with E-state index in [1.165, 1.54) is 12.8 Å². The lowest BCUT2D eigenvalue weighted by molar-refractivity contribution is 0.0947. The molecule has 104 valence electrons. The van der Waals surface area contributed by atoms with Crippen molar-refractivity contribution < 1.29 is 4.79 Å². The van der Waals surface area contributed by atoms with Crippen molar-refractivity contribution in [3.63, 3.8) is 0 Å². The number of nitrogens with one attached hydrogen (secondary N) is 2. The third-order valence-electron chi connectivity index (χ3n) is 3.07. The Labute approximate surface area is 114 Å². The van der Waals surface area contributed by atoms with E-state index in [-0.39, 0.29) is 5.91 Å². The van der Waals surface area contributed by atoms with Gasteiger partial charge in [-0.1, -0.05) is 19.8 Å². The van der Waals surface area contributed by atoms with Crippen LogP contribution < -0.4 is 10.6 Å². The molecule has 0 atom stereocenters. The number of aryl methyl sites for hydroxylation is 1. The standard InChI is InChI=1S/C14H22N4O/c1-3-4-5-8-15-14(19)12-9-13(17-10(2)16-12)18-11-6-7-11/h9,11H,3-8H2,1-2H3,(H,15,19)(H,16,17,18). The fraction of sp³-hybridized carbons (Fsp3) is 0.643. The van der Waals surface area contributed by atoms with E-state index in [4.69, 9.17) is 0 Å². The van der Waals surface area contributed by atoms with E-state index in [9.17, 15) is 4.79 Å². The quantitative estimate of drug-likeness (QED) is 0.740. The van der Waals surface area contributed by atoms with Gasteiger partial charge >= 0.3 is 0 Å². The van der Waals surface area contributed by atoms with Crippen LogP contribution in [0.5, 0.6) is 0 Å². The summed E-state index contributed by atoms with van der Waals surface area (Å²) in [5.41, 5.74) is 0.451. The number of hydrogen-bond donors (Lipinski definition) is 2. The van der Waals surface area contributed by atoms with Crippen LogP contribution in [0.1, 0.15) is 55.3 Å². The van der Waals surface area contributed by atoms with Gasteiger partial charge in [0.15, 0.2) is 0 Å². The smallest absolute Gasteiger partial charge is 0.270 e. The number of hydrogen-bond acceptors (Lipinski definition) is 4. The summed E-state index contributed by atoms with van der Waals surface area (Å²) >= 11 is 0. The molecule has 1 heterocycles. The third-order valence-corrected chi connectivity index (χ3v) is 3.07. The number of anilines is 1. The van der Waals surface area contributed by atoms with Crippen LogP contribution in [0.25, 0.3) is 0 Å². The minimum atomic E-state index is -0.111. The average molecular weight is 262 g/mol. The second-order valence-corrected chi connectivity index (χ2v) is 5.07. The largest absolute Gasteiger partial charge is 0.367 e. The summed E-state index contributed by atoms with van der Waals surface area (Å²) in [5, 5.41) is 6.20. The summed E-state index contributed by atoms with van der Waals surface area (Å²) < 4.78 is 0. The molecule has 1 fully saturated rings. The normalized spacial score (nSPS) is 14.2. The Balaban J connectivity index is 1.93. The van der Waals surface area contributed by atoms with Crippen molar-refractivity contribution in [2.75, 3.05) is 11.9 Å². The summed E-state index contributed by atoms with van der Waals surface area (Å²) in [6.45, 7) is 4.67. The molecule has 1 aromatic rings. The summed E-state index contributed by atoms with van der Waals surface area (Å²) in [4.78, 5) is 20.5. The summed E-state index contributed by atoms with van der Waals surface area (Å²) in [7, 11) is 0. The molecule has 0 bridgehead atoms. The predicted molar refractivity (Wildman–Crippen MR) is 75.3 cm³/mol. The highest BCUT2D eigenvalue weighted by Gasteiger charge is 2.22. The molecule has 2 N–H and O–H groups in total. The van der Waals surface area contributed by atoms with Gasteiger partial charge in [0.2, 0.25) is 0 Å². The van der Waals surface area contributed by atoms with Gasteiger partial charge in [-0.25, -0.2) is 9.97 Å². The molecule has 0 spiro atoms. The lowest BCUT2D eigenvalue weighted by atomic mass is 10.2. The van der Waals surface area contributed by atoms with E-state index in [1.807, 2.05) is 6.92 Å². The fourth-order valence-corrected chi connectivity index (χ4v) is 1.86. The number of rotatable bonds is 7. The second kappa shape index (κ2) is 6.50. The van der Waals surface area contributed by atoms with Gasteiger partial charge in [-0.05, 0) is 26.2 Å². The third kappa shape index (κ3) is 4.50. The van der Waals surface area contributed by atoms with Crippen LogP contribution in [-0.2, 0) is 0 Å².